The average molecular weight is 215 g/mol. The summed E-state index contributed by atoms with van der Waals surface area (Å²) in [6.07, 6.45) is 0.153. The second-order valence-corrected chi connectivity index (χ2v) is 5.10. The van der Waals surface area contributed by atoms with Crippen LogP contribution in [0.5, 0.6) is 0 Å². The SMILES string of the molecule is CCC1[C@H]2NC(O)C[C@@H](O)N2NC1(C)C. The second kappa shape index (κ2) is 3.68. The Kier molecular flexibility index (Phi) is 2.77. The Balaban J connectivity index is 2.21. The third-order valence-electron chi connectivity index (χ3n) is 3.58. The monoisotopic (exact) mass is 215 g/mol. The second-order valence-electron chi connectivity index (χ2n) is 5.10. The summed E-state index contributed by atoms with van der Waals surface area (Å²) in [4.78, 5) is 0. The number of nitrogens with one attached hydrogen (secondary N) is 2. The quantitative estimate of drug-likeness (QED) is 0.478. The lowest BCUT2D eigenvalue weighted by molar-refractivity contribution is -0.126. The zero-order valence-corrected chi connectivity index (χ0v) is 9.57. The highest BCUT2D eigenvalue weighted by Crippen LogP contribution is 2.35. The third kappa shape index (κ3) is 1.79. The molecule has 2 saturated heterocycles. The molecule has 5 nitrogen and oxygen atoms in total. The molecule has 2 aliphatic rings. The molecule has 15 heavy (non-hydrogen) atoms. The van der Waals surface area contributed by atoms with Crippen LogP contribution < -0.4 is 10.7 Å². The molecule has 4 atom stereocenters. The highest BCUT2D eigenvalue weighted by Gasteiger charge is 2.50. The largest absolute Gasteiger partial charge is 0.378 e. The van der Waals surface area contributed by atoms with Gasteiger partial charge in [0.05, 0.1) is 6.17 Å². The Bertz CT molecular complexity index is 247. The van der Waals surface area contributed by atoms with E-state index in [1.807, 2.05) is 5.01 Å². The van der Waals surface area contributed by atoms with Crippen LogP contribution in [-0.4, -0.2) is 39.4 Å². The molecule has 88 valence electrons. The average Bonchev–Trinajstić information content (AvgIpc) is 2.36. The first kappa shape index (κ1) is 11.3. The lowest BCUT2D eigenvalue weighted by Gasteiger charge is -2.38. The first-order chi connectivity index (χ1) is 6.95. The maximum atomic E-state index is 9.86. The fourth-order valence-electron chi connectivity index (χ4n) is 2.84. The van der Waals surface area contributed by atoms with Gasteiger partial charge in [-0.25, -0.2) is 5.43 Å². The van der Waals surface area contributed by atoms with Crippen LogP contribution in [0.3, 0.4) is 0 Å². The number of aliphatic hydroxyl groups excluding tert-OH is 2. The molecule has 0 saturated carbocycles. The Morgan fingerprint density at radius 1 is 1.40 bits per heavy atom. The van der Waals surface area contributed by atoms with Crippen LogP contribution in [0, 0.1) is 5.92 Å². The van der Waals surface area contributed by atoms with Crippen molar-refractivity contribution >= 4 is 0 Å². The summed E-state index contributed by atoms with van der Waals surface area (Å²) in [6.45, 7) is 6.38. The minimum atomic E-state index is -0.609. The minimum Gasteiger partial charge on any atom is -0.378 e. The predicted octanol–water partition coefficient (Wildman–Crippen LogP) is -0.432. The van der Waals surface area contributed by atoms with Crippen LogP contribution in [0.2, 0.25) is 0 Å². The molecule has 5 heteroatoms. The van der Waals surface area contributed by atoms with E-state index in [0.29, 0.717) is 12.3 Å². The lowest BCUT2D eigenvalue weighted by Crippen LogP contribution is -2.61. The summed E-state index contributed by atoms with van der Waals surface area (Å²) in [6, 6.07) is 0. The number of rotatable bonds is 1. The fourth-order valence-corrected chi connectivity index (χ4v) is 2.84. The first-order valence-corrected chi connectivity index (χ1v) is 5.64. The number of hydrazine groups is 1. The molecular weight excluding hydrogens is 194 g/mol. The number of fused-ring (bicyclic) bond motifs is 1. The Labute approximate surface area is 90.4 Å². The summed E-state index contributed by atoms with van der Waals surface area (Å²) >= 11 is 0. The van der Waals surface area contributed by atoms with Crippen molar-refractivity contribution in [1.29, 1.82) is 0 Å². The van der Waals surface area contributed by atoms with Crippen molar-refractivity contribution in [3.8, 4) is 0 Å². The Morgan fingerprint density at radius 3 is 2.67 bits per heavy atom. The van der Waals surface area contributed by atoms with E-state index in [4.69, 9.17) is 0 Å². The van der Waals surface area contributed by atoms with Crippen molar-refractivity contribution in [1.82, 2.24) is 15.8 Å². The van der Waals surface area contributed by atoms with Gasteiger partial charge in [0.2, 0.25) is 0 Å². The van der Waals surface area contributed by atoms with Crippen LogP contribution in [-0.2, 0) is 0 Å². The van der Waals surface area contributed by atoms with E-state index in [1.54, 1.807) is 0 Å². The van der Waals surface area contributed by atoms with E-state index in [2.05, 4.69) is 31.5 Å². The molecule has 2 aliphatic heterocycles. The van der Waals surface area contributed by atoms with Gasteiger partial charge in [-0.2, -0.15) is 5.01 Å². The van der Waals surface area contributed by atoms with Crippen molar-refractivity contribution in [2.24, 2.45) is 5.92 Å². The summed E-state index contributed by atoms with van der Waals surface area (Å²) in [5, 5.41) is 24.4. The number of nitrogens with zero attached hydrogens (tertiary/aromatic N) is 1. The molecule has 0 aliphatic carbocycles. The molecule has 0 aromatic carbocycles. The molecule has 2 fully saturated rings. The topological polar surface area (TPSA) is 67.8 Å². The molecule has 0 aromatic rings. The smallest absolute Gasteiger partial charge is 0.125 e. The molecule has 0 radical (unpaired) electrons. The Hall–Kier alpha value is -0.200. The van der Waals surface area contributed by atoms with E-state index >= 15 is 0 Å². The predicted molar refractivity (Wildman–Crippen MR) is 56.4 cm³/mol. The number of hydrogen-bond donors (Lipinski definition) is 4. The van der Waals surface area contributed by atoms with Gasteiger partial charge in [-0.05, 0) is 20.3 Å². The van der Waals surface area contributed by atoms with Gasteiger partial charge in [0.1, 0.15) is 12.5 Å². The van der Waals surface area contributed by atoms with Gasteiger partial charge in [-0.3, -0.25) is 5.32 Å². The summed E-state index contributed by atoms with van der Waals surface area (Å²) in [5.74, 6) is 0.377. The Morgan fingerprint density at radius 2 is 2.07 bits per heavy atom. The normalized spacial score (nSPS) is 45.4. The van der Waals surface area contributed by atoms with Crippen molar-refractivity contribution in [3.05, 3.63) is 0 Å². The molecule has 0 spiro atoms. The van der Waals surface area contributed by atoms with E-state index in [0.717, 1.165) is 6.42 Å². The molecule has 2 heterocycles. The van der Waals surface area contributed by atoms with Gasteiger partial charge in [0.15, 0.2) is 0 Å². The summed E-state index contributed by atoms with van der Waals surface area (Å²) in [7, 11) is 0. The molecular formula is C10H21N3O2. The molecule has 2 unspecified atom stereocenters. The van der Waals surface area contributed by atoms with Crippen LogP contribution in [0.25, 0.3) is 0 Å². The highest BCUT2D eigenvalue weighted by atomic mass is 16.3. The van der Waals surface area contributed by atoms with Crippen molar-refractivity contribution in [2.45, 2.75) is 57.8 Å². The third-order valence-corrected chi connectivity index (χ3v) is 3.58. The van der Waals surface area contributed by atoms with Gasteiger partial charge < -0.3 is 10.2 Å². The zero-order valence-electron chi connectivity index (χ0n) is 9.57. The highest BCUT2D eigenvalue weighted by molar-refractivity contribution is 5.00. The standard InChI is InChI=1S/C10H21N3O2/c1-4-6-9-11-7(14)5-8(15)13(9)12-10(6,2)3/h6-9,11-12,14-15H,4-5H2,1-3H3/t6?,7?,8-,9+/m1/s1. The molecule has 0 aromatic heterocycles. The number of aliphatic hydroxyl groups is 2. The van der Waals surface area contributed by atoms with Gasteiger partial charge in [-0.1, -0.05) is 6.92 Å². The van der Waals surface area contributed by atoms with E-state index in [-0.39, 0.29) is 11.7 Å². The van der Waals surface area contributed by atoms with Gasteiger partial charge in [0, 0.05) is 17.9 Å². The first-order valence-electron chi connectivity index (χ1n) is 5.64. The minimum absolute atomic E-state index is 0.0174. The van der Waals surface area contributed by atoms with Crippen LogP contribution in [0.4, 0.5) is 0 Å². The van der Waals surface area contributed by atoms with Crippen molar-refractivity contribution in [3.63, 3.8) is 0 Å². The molecule has 2 rings (SSSR count). The van der Waals surface area contributed by atoms with Gasteiger partial charge in [0.25, 0.3) is 0 Å². The number of hydrogen-bond acceptors (Lipinski definition) is 5. The molecule has 0 amide bonds. The van der Waals surface area contributed by atoms with Gasteiger partial charge >= 0.3 is 0 Å². The van der Waals surface area contributed by atoms with Crippen LogP contribution >= 0.6 is 0 Å². The van der Waals surface area contributed by atoms with Crippen LogP contribution in [0.15, 0.2) is 0 Å². The van der Waals surface area contributed by atoms with E-state index in [9.17, 15) is 10.2 Å². The lowest BCUT2D eigenvalue weighted by atomic mass is 9.85. The molecule has 4 N–H and O–H groups in total. The van der Waals surface area contributed by atoms with Gasteiger partial charge in [-0.15, -0.1) is 0 Å². The fraction of sp³-hybridized carbons (Fsp3) is 1.00. The maximum Gasteiger partial charge on any atom is 0.125 e. The summed E-state index contributed by atoms with van der Waals surface area (Å²) in [5.41, 5.74) is 3.27. The molecule has 0 bridgehead atoms. The van der Waals surface area contributed by atoms with E-state index in [1.165, 1.54) is 0 Å². The van der Waals surface area contributed by atoms with E-state index < -0.39 is 12.5 Å². The summed E-state index contributed by atoms with van der Waals surface area (Å²) < 4.78 is 0. The van der Waals surface area contributed by atoms with Crippen molar-refractivity contribution < 1.29 is 10.2 Å². The van der Waals surface area contributed by atoms with Crippen LogP contribution in [0.1, 0.15) is 33.6 Å². The maximum absolute atomic E-state index is 9.86. The zero-order chi connectivity index (χ0) is 11.2. The van der Waals surface area contributed by atoms with Crippen molar-refractivity contribution in [2.75, 3.05) is 0 Å².